The molecule has 2 aromatic carbocycles. The zero-order valence-corrected chi connectivity index (χ0v) is 19.8. The molecule has 0 aliphatic heterocycles. The van der Waals surface area contributed by atoms with Crippen LogP contribution in [0.1, 0.15) is 12.5 Å². The average Bonchev–Trinajstić information content (AvgIpc) is 2.70. The van der Waals surface area contributed by atoms with Gasteiger partial charge in [-0.2, -0.15) is 0 Å². The lowest BCUT2D eigenvalue weighted by atomic mass is 10.1. The number of carbonyl (C=O) groups is 2. The first-order valence-electron chi connectivity index (χ1n) is 9.01. The van der Waals surface area contributed by atoms with E-state index in [1.54, 1.807) is 31.2 Å². The smallest absolute Gasteiger partial charge is 0.244 e. The van der Waals surface area contributed by atoms with E-state index >= 15 is 0 Å². The Hall–Kier alpha value is -2.21. The first kappa shape index (κ1) is 24.1. The second-order valence-electron chi connectivity index (χ2n) is 6.68. The van der Waals surface area contributed by atoms with Gasteiger partial charge in [-0.15, -0.1) is 0 Å². The van der Waals surface area contributed by atoms with Crippen molar-refractivity contribution in [2.75, 3.05) is 24.2 Å². The third-order valence-electron chi connectivity index (χ3n) is 4.47. The van der Waals surface area contributed by atoms with E-state index in [2.05, 4.69) is 27.9 Å². The first-order chi connectivity index (χ1) is 14.0. The van der Waals surface area contributed by atoms with E-state index in [0.717, 1.165) is 14.1 Å². The predicted molar refractivity (Wildman–Crippen MR) is 122 cm³/mol. The molecule has 2 rings (SSSR count). The van der Waals surface area contributed by atoms with Gasteiger partial charge < -0.3 is 10.2 Å². The molecule has 2 aromatic rings. The number of anilines is 1. The molecule has 2 amide bonds. The number of likely N-dealkylation sites (N-methyl/N-ethyl adjacent to an activating group) is 1. The Kier molecular flexibility index (Phi) is 8.18. The standard InChI is InChI=1S/C20H23FIN3O4S/c1-14(20(27)23-2)24(12-15-4-6-16(21)7-5-15)19(26)13-25(30(3,28)29)18-10-8-17(22)9-11-18/h4-11,14H,12-13H2,1-3H3,(H,23,27)/t14-/m0/s1. The summed E-state index contributed by atoms with van der Waals surface area (Å²) in [5.74, 6) is -1.37. The molecule has 0 aliphatic carbocycles. The molecule has 1 N–H and O–H groups in total. The Morgan fingerprint density at radius 3 is 2.17 bits per heavy atom. The second kappa shape index (κ2) is 10.2. The Morgan fingerprint density at radius 1 is 1.10 bits per heavy atom. The zero-order chi connectivity index (χ0) is 22.5. The van der Waals surface area contributed by atoms with Crippen molar-refractivity contribution >= 4 is 50.1 Å². The van der Waals surface area contributed by atoms with E-state index in [1.165, 1.54) is 36.2 Å². The van der Waals surface area contributed by atoms with Gasteiger partial charge in [0.05, 0.1) is 11.9 Å². The summed E-state index contributed by atoms with van der Waals surface area (Å²) in [4.78, 5) is 26.6. The number of rotatable bonds is 8. The molecule has 0 spiro atoms. The van der Waals surface area contributed by atoms with E-state index in [-0.39, 0.29) is 6.54 Å². The summed E-state index contributed by atoms with van der Waals surface area (Å²) in [5.41, 5.74) is 0.960. The minimum absolute atomic E-state index is 0.0258. The fraction of sp³-hybridized carbons (Fsp3) is 0.300. The predicted octanol–water partition coefficient (Wildman–Crippen LogP) is 2.36. The normalized spacial score (nSPS) is 12.2. The van der Waals surface area contributed by atoms with Gasteiger partial charge >= 0.3 is 0 Å². The van der Waals surface area contributed by atoms with Crippen molar-refractivity contribution in [2.45, 2.75) is 19.5 Å². The summed E-state index contributed by atoms with van der Waals surface area (Å²) in [7, 11) is -2.30. The van der Waals surface area contributed by atoms with Crippen molar-refractivity contribution in [3.63, 3.8) is 0 Å². The minimum Gasteiger partial charge on any atom is -0.357 e. The molecule has 0 unspecified atom stereocenters. The van der Waals surface area contributed by atoms with Crippen LogP contribution in [0.3, 0.4) is 0 Å². The van der Waals surface area contributed by atoms with Gasteiger partial charge in [0.25, 0.3) is 0 Å². The minimum atomic E-state index is -3.76. The number of hydrogen-bond donors (Lipinski definition) is 1. The molecule has 0 fully saturated rings. The van der Waals surface area contributed by atoms with Gasteiger partial charge in [0.15, 0.2) is 0 Å². The SMILES string of the molecule is CNC(=O)[C@H](C)N(Cc1ccc(F)cc1)C(=O)CN(c1ccc(I)cc1)S(C)(=O)=O. The molecule has 0 heterocycles. The Balaban J connectivity index is 2.35. The summed E-state index contributed by atoms with van der Waals surface area (Å²) in [5, 5.41) is 2.49. The largest absolute Gasteiger partial charge is 0.357 e. The van der Waals surface area contributed by atoms with Crippen LogP contribution >= 0.6 is 22.6 Å². The molecule has 1 atom stereocenters. The van der Waals surface area contributed by atoms with E-state index in [9.17, 15) is 22.4 Å². The molecule has 0 saturated heterocycles. The van der Waals surface area contributed by atoms with Gasteiger partial charge in [0, 0.05) is 17.2 Å². The average molecular weight is 547 g/mol. The van der Waals surface area contributed by atoms with Gasteiger partial charge in [-0.3, -0.25) is 13.9 Å². The van der Waals surface area contributed by atoms with Crippen LogP contribution < -0.4 is 9.62 Å². The third kappa shape index (κ3) is 6.39. The van der Waals surface area contributed by atoms with E-state index in [0.29, 0.717) is 11.3 Å². The highest BCUT2D eigenvalue weighted by Crippen LogP contribution is 2.20. The first-order valence-corrected chi connectivity index (χ1v) is 11.9. The zero-order valence-electron chi connectivity index (χ0n) is 16.8. The van der Waals surface area contributed by atoms with Crippen LogP contribution in [0.2, 0.25) is 0 Å². The van der Waals surface area contributed by atoms with Crippen LogP contribution in [0.15, 0.2) is 48.5 Å². The fourth-order valence-corrected chi connectivity index (χ4v) is 4.01. The molecule has 162 valence electrons. The highest BCUT2D eigenvalue weighted by Gasteiger charge is 2.29. The van der Waals surface area contributed by atoms with E-state index in [1.807, 2.05) is 0 Å². The Morgan fingerprint density at radius 2 is 1.67 bits per heavy atom. The number of hydrogen-bond acceptors (Lipinski definition) is 4. The second-order valence-corrected chi connectivity index (χ2v) is 9.84. The van der Waals surface area contributed by atoms with Crippen molar-refractivity contribution < 1.29 is 22.4 Å². The van der Waals surface area contributed by atoms with Crippen molar-refractivity contribution in [2.24, 2.45) is 0 Å². The lowest BCUT2D eigenvalue weighted by molar-refractivity contribution is -0.139. The van der Waals surface area contributed by atoms with Gasteiger partial charge in [-0.05, 0) is 71.5 Å². The number of nitrogens with zero attached hydrogens (tertiary/aromatic N) is 2. The summed E-state index contributed by atoms with van der Waals surface area (Å²) in [6.45, 7) is 1.11. The summed E-state index contributed by atoms with van der Waals surface area (Å²) in [6, 6.07) is 11.4. The van der Waals surface area contributed by atoms with Gasteiger partial charge in [0.1, 0.15) is 18.4 Å². The summed E-state index contributed by atoms with van der Waals surface area (Å²) >= 11 is 2.10. The number of amides is 2. The summed E-state index contributed by atoms with van der Waals surface area (Å²) in [6.07, 6.45) is 1.02. The lowest BCUT2D eigenvalue weighted by Crippen LogP contribution is -2.50. The van der Waals surface area contributed by atoms with Crippen molar-refractivity contribution in [1.82, 2.24) is 10.2 Å². The Labute approximate surface area is 189 Å². The van der Waals surface area contributed by atoms with Crippen molar-refractivity contribution in [3.05, 3.63) is 63.5 Å². The van der Waals surface area contributed by atoms with Crippen LogP contribution in [-0.4, -0.2) is 51.0 Å². The Bertz CT molecular complexity index is 998. The highest BCUT2D eigenvalue weighted by atomic mass is 127. The molecule has 10 heteroatoms. The molecule has 7 nitrogen and oxygen atoms in total. The van der Waals surface area contributed by atoms with Crippen LogP contribution in [-0.2, 0) is 26.2 Å². The number of benzene rings is 2. The van der Waals surface area contributed by atoms with Crippen molar-refractivity contribution in [1.29, 1.82) is 0 Å². The van der Waals surface area contributed by atoms with Gasteiger partial charge in [-0.25, -0.2) is 12.8 Å². The fourth-order valence-electron chi connectivity index (χ4n) is 2.80. The number of halogens is 2. The van der Waals surface area contributed by atoms with Crippen LogP contribution in [0.25, 0.3) is 0 Å². The van der Waals surface area contributed by atoms with Gasteiger partial charge in [0.2, 0.25) is 21.8 Å². The van der Waals surface area contributed by atoms with Crippen LogP contribution in [0.4, 0.5) is 10.1 Å². The number of sulfonamides is 1. The highest BCUT2D eigenvalue weighted by molar-refractivity contribution is 14.1. The third-order valence-corrected chi connectivity index (χ3v) is 6.33. The van der Waals surface area contributed by atoms with Crippen LogP contribution in [0, 0.1) is 9.39 Å². The quantitative estimate of drug-likeness (QED) is 0.515. The molecule has 30 heavy (non-hydrogen) atoms. The maximum absolute atomic E-state index is 13.2. The lowest BCUT2D eigenvalue weighted by Gasteiger charge is -2.31. The number of nitrogens with one attached hydrogen (secondary N) is 1. The molecule has 0 aliphatic rings. The molecule has 0 saturated carbocycles. The van der Waals surface area contributed by atoms with Gasteiger partial charge in [-0.1, -0.05) is 12.1 Å². The molecular formula is C20H23FIN3O4S. The number of carbonyl (C=O) groups excluding carboxylic acids is 2. The molecule has 0 radical (unpaired) electrons. The van der Waals surface area contributed by atoms with Crippen LogP contribution in [0.5, 0.6) is 0 Å². The molecular weight excluding hydrogens is 524 g/mol. The van der Waals surface area contributed by atoms with E-state index < -0.39 is 40.2 Å². The maximum Gasteiger partial charge on any atom is 0.244 e. The summed E-state index contributed by atoms with van der Waals surface area (Å²) < 4.78 is 39.9. The maximum atomic E-state index is 13.2. The molecule has 0 aromatic heterocycles. The van der Waals surface area contributed by atoms with E-state index in [4.69, 9.17) is 0 Å². The van der Waals surface area contributed by atoms with Crippen molar-refractivity contribution in [3.8, 4) is 0 Å². The topological polar surface area (TPSA) is 86.8 Å². The molecule has 0 bridgehead atoms. The monoisotopic (exact) mass is 547 g/mol.